The first-order valence-corrected chi connectivity index (χ1v) is 8.74. The van der Waals surface area contributed by atoms with Gasteiger partial charge in [-0.15, -0.1) is 0 Å². The number of hydrogen-bond acceptors (Lipinski definition) is 6. The molecule has 1 unspecified atom stereocenters. The smallest absolute Gasteiger partial charge is 0.419 e. The predicted molar refractivity (Wildman–Crippen MR) is 99.9 cm³/mol. The van der Waals surface area contributed by atoms with Crippen LogP contribution in [0.2, 0.25) is 0 Å². The Morgan fingerprint density at radius 1 is 1.19 bits per heavy atom. The van der Waals surface area contributed by atoms with E-state index in [1.54, 1.807) is 0 Å². The van der Waals surface area contributed by atoms with Crippen molar-refractivity contribution in [2.75, 3.05) is 0 Å². The molecule has 0 saturated carbocycles. The van der Waals surface area contributed by atoms with Crippen molar-refractivity contribution < 1.29 is 42.1 Å². The zero-order valence-corrected chi connectivity index (χ0v) is 15.6. The Labute approximate surface area is 173 Å². The minimum absolute atomic E-state index is 0.0526. The number of hydrogen-bond donors (Lipinski definition) is 3. The first-order valence-electron chi connectivity index (χ1n) is 8.74. The number of nitrogens with one attached hydrogen (secondary N) is 1. The van der Waals surface area contributed by atoms with Crippen molar-refractivity contribution in [3.8, 4) is 11.5 Å². The van der Waals surface area contributed by atoms with E-state index in [4.69, 9.17) is 15.6 Å². The van der Waals surface area contributed by atoms with Gasteiger partial charge in [0, 0.05) is 5.56 Å². The summed E-state index contributed by atoms with van der Waals surface area (Å²) < 4.78 is 49.6. The van der Waals surface area contributed by atoms with E-state index in [-0.39, 0.29) is 23.5 Å². The zero-order valence-electron chi connectivity index (χ0n) is 15.6. The van der Waals surface area contributed by atoms with Crippen LogP contribution in [0.4, 0.5) is 18.0 Å². The number of aliphatic carboxylic acids is 1. The van der Waals surface area contributed by atoms with Gasteiger partial charge in [-0.2, -0.15) is 13.2 Å². The molecular formula is C20H15F3N2O6. The molecule has 1 aliphatic heterocycles. The molecule has 3 rings (SSSR count). The number of carboxylic acid groups (broad SMARTS) is 1. The summed E-state index contributed by atoms with van der Waals surface area (Å²) in [6.45, 7) is 0. The Morgan fingerprint density at radius 2 is 1.87 bits per heavy atom. The lowest BCUT2D eigenvalue weighted by atomic mass is 10.1. The van der Waals surface area contributed by atoms with Crippen LogP contribution < -0.4 is 15.8 Å². The van der Waals surface area contributed by atoms with Crippen molar-refractivity contribution in [3.63, 3.8) is 0 Å². The SMILES string of the molecule is NC(Cc1ccc(Oc2cc(C(F)(F)F)ccc2/C=C2\OC(=O)NC2=O)cc1)C(=O)O. The van der Waals surface area contributed by atoms with Gasteiger partial charge in [-0.1, -0.05) is 18.2 Å². The first-order chi connectivity index (χ1) is 14.5. The highest BCUT2D eigenvalue weighted by Crippen LogP contribution is 2.36. The van der Waals surface area contributed by atoms with Gasteiger partial charge in [0.1, 0.15) is 17.5 Å². The predicted octanol–water partition coefficient (Wildman–Crippen LogP) is 3.06. The van der Waals surface area contributed by atoms with Gasteiger partial charge in [-0.3, -0.25) is 14.9 Å². The van der Waals surface area contributed by atoms with E-state index in [0.717, 1.165) is 24.3 Å². The molecule has 0 aromatic heterocycles. The van der Waals surface area contributed by atoms with Gasteiger partial charge in [-0.25, -0.2) is 4.79 Å². The topological polar surface area (TPSA) is 128 Å². The fraction of sp³-hybridized carbons (Fsp3) is 0.150. The summed E-state index contributed by atoms with van der Waals surface area (Å²) in [5, 5.41) is 10.7. The van der Waals surface area contributed by atoms with Crippen LogP contribution in [-0.2, 0) is 26.9 Å². The fourth-order valence-electron chi connectivity index (χ4n) is 2.64. The third kappa shape index (κ3) is 5.39. The van der Waals surface area contributed by atoms with Crippen LogP contribution in [0.25, 0.3) is 6.08 Å². The number of carbonyl (C=O) groups excluding carboxylic acids is 2. The molecule has 162 valence electrons. The summed E-state index contributed by atoms with van der Waals surface area (Å²) in [6.07, 6.45) is -4.51. The van der Waals surface area contributed by atoms with E-state index in [2.05, 4.69) is 4.74 Å². The molecule has 2 aromatic rings. The van der Waals surface area contributed by atoms with Gasteiger partial charge in [0.2, 0.25) is 0 Å². The standard InChI is InChI=1S/C20H15F3N2O6/c21-20(22,23)12-4-3-11(8-16-17(26)25-19(29)31-16)15(9-12)30-13-5-1-10(2-6-13)7-14(24)18(27)28/h1-6,8-9,14H,7,24H2,(H,27,28)(H,25,26,29)/b16-8-. The van der Waals surface area contributed by atoms with Crippen molar-refractivity contribution in [2.45, 2.75) is 18.6 Å². The normalized spacial score (nSPS) is 16.1. The van der Waals surface area contributed by atoms with E-state index >= 15 is 0 Å². The first kappa shape index (κ1) is 21.8. The molecule has 1 atom stereocenters. The van der Waals surface area contributed by atoms with Crippen LogP contribution in [0.3, 0.4) is 0 Å². The number of carbonyl (C=O) groups is 3. The molecule has 8 nitrogen and oxygen atoms in total. The van der Waals surface area contributed by atoms with Gasteiger partial charge in [0.05, 0.1) is 5.56 Å². The van der Waals surface area contributed by atoms with Crippen LogP contribution in [0.1, 0.15) is 16.7 Å². The quantitative estimate of drug-likeness (QED) is 0.594. The lowest BCUT2D eigenvalue weighted by Crippen LogP contribution is -2.32. The molecule has 1 fully saturated rings. The van der Waals surface area contributed by atoms with E-state index in [0.29, 0.717) is 5.56 Å². The van der Waals surface area contributed by atoms with Crippen molar-refractivity contribution in [2.24, 2.45) is 5.73 Å². The number of amides is 2. The Balaban J connectivity index is 1.91. The molecule has 0 aliphatic carbocycles. The molecule has 1 aliphatic rings. The lowest BCUT2D eigenvalue weighted by molar-refractivity contribution is -0.139. The summed E-state index contributed by atoms with van der Waals surface area (Å²) in [5.74, 6) is -2.49. The number of benzene rings is 2. The van der Waals surface area contributed by atoms with Crippen LogP contribution in [0, 0.1) is 0 Å². The highest BCUT2D eigenvalue weighted by molar-refractivity contribution is 6.10. The van der Waals surface area contributed by atoms with Crippen LogP contribution >= 0.6 is 0 Å². The molecule has 31 heavy (non-hydrogen) atoms. The number of imide groups is 1. The third-order valence-electron chi connectivity index (χ3n) is 4.19. The molecular weight excluding hydrogens is 421 g/mol. The molecule has 0 spiro atoms. The van der Waals surface area contributed by atoms with E-state index < -0.39 is 41.5 Å². The van der Waals surface area contributed by atoms with Crippen molar-refractivity contribution in [3.05, 3.63) is 64.9 Å². The number of halogens is 3. The van der Waals surface area contributed by atoms with Gasteiger partial charge >= 0.3 is 18.2 Å². The summed E-state index contributed by atoms with van der Waals surface area (Å²) in [5.41, 5.74) is 5.14. The second kappa shape index (κ2) is 8.48. The van der Waals surface area contributed by atoms with Crippen LogP contribution in [0.15, 0.2) is 48.2 Å². The highest BCUT2D eigenvalue weighted by Gasteiger charge is 2.32. The molecule has 0 bridgehead atoms. The molecule has 0 radical (unpaired) electrons. The average Bonchev–Trinajstić information content (AvgIpc) is 3.00. The van der Waals surface area contributed by atoms with Gasteiger partial charge in [0.15, 0.2) is 5.76 Å². The second-order valence-corrected chi connectivity index (χ2v) is 6.50. The largest absolute Gasteiger partial charge is 0.480 e. The Bertz CT molecular complexity index is 1060. The van der Waals surface area contributed by atoms with Crippen molar-refractivity contribution in [1.82, 2.24) is 5.32 Å². The summed E-state index contributed by atoms with van der Waals surface area (Å²) in [6, 6.07) is 7.43. The summed E-state index contributed by atoms with van der Waals surface area (Å²) >= 11 is 0. The van der Waals surface area contributed by atoms with E-state index in [1.807, 2.05) is 5.32 Å². The third-order valence-corrected chi connectivity index (χ3v) is 4.19. The minimum Gasteiger partial charge on any atom is -0.480 e. The van der Waals surface area contributed by atoms with E-state index in [1.165, 1.54) is 24.3 Å². The number of nitrogens with two attached hydrogens (primary N) is 1. The Morgan fingerprint density at radius 3 is 2.42 bits per heavy atom. The molecule has 1 heterocycles. The number of cyclic esters (lactones) is 1. The maximum absolute atomic E-state index is 13.1. The second-order valence-electron chi connectivity index (χ2n) is 6.50. The molecule has 4 N–H and O–H groups in total. The van der Waals surface area contributed by atoms with Crippen LogP contribution in [-0.4, -0.2) is 29.1 Å². The molecule has 1 saturated heterocycles. The Kier molecular flexibility index (Phi) is 5.97. The minimum atomic E-state index is -4.64. The Hall–Kier alpha value is -3.86. The average molecular weight is 436 g/mol. The number of alkyl halides is 3. The van der Waals surface area contributed by atoms with Crippen molar-refractivity contribution in [1.29, 1.82) is 0 Å². The number of ether oxygens (including phenoxy) is 2. The summed E-state index contributed by atoms with van der Waals surface area (Å²) in [7, 11) is 0. The number of alkyl carbamates (subject to hydrolysis) is 1. The number of carboxylic acids is 1. The maximum atomic E-state index is 13.1. The molecule has 11 heteroatoms. The summed E-state index contributed by atoms with van der Waals surface area (Å²) in [4.78, 5) is 33.6. The highest BCUT2D eigenvalue weighted by atomic mass is 19.4. The van der Waals surface area contributed by atoms with Crippen LogP contribution in [0.5, 0.6) is 11.5 Å². The van der Waals surface area contributed by atoms with Gasteiger partial charge < -0.3 is 20.3 Å². The van der Waals surface area contributed by atoms with E-state index in [9.17, 15) is 27.6 Å². The van der Waals surface area contributed by atoms with Crippen molar-refractivity contribution >= 4 is 24.0 Å². The van der Waals surface area contributed by atoms with Gasteiger partial charge in [0.25, 0.3) is 5.91 Å². The maximum Gasteiger partial charge on any atom is 0.419 e. The zero-order chi connectivity index (χ0) is 22.8. The number of rotatable bonds is 6. The lowest BCUT2D eigenvalue weighted by Gasteiger charge is -2.14. The monoisotopic (exact) mass is 436 g/mol. The fourth-order valence-corrected chi connectivity index (χ4v) is 2.64. The molecule has 2 amide bonds. The van der Waals surface area contributed by atoms with Gasteiger partial charge in [-0.05, 0) is 42.3 Å². The molecule has 2 aromatic carbocycles.